The third-order valence-electron chi connectivity index (χ3n) is 2.89. The fourth-order valence-corrected chi connectivity index (χ4v) is 1.88. The third-order valence-corrected chi connectivity index (χ3v) is 2.89. The van der Waals surface area contributed by atoms with Gasteiger partial charge in [0.1, 0.15) is 0 Å². The third kappa shape index (κ3) is 2.63. The molecule has 0 aliphatic carbocycles. The molecule has 0 bridgehead atoms. The zero-order valence-electron chi connectivity index (χ0n) is 9.89. The molecule has 2 N–H and O–H groups in total. The Hall–Kier alpha value is -1.87. The molecule has 3 nitrogen and oxygen atoms in total. The largest absolute Gasteiger partial charge is 0.618 e. The molecule has 17 heavy (non-hydrogen) atoms. The molecule has 1 heterocycles. The Morgan fingerprint density at radius 3 is 2.59 bits per heavy atom. The van der Waals surface area contributed by atoms with Crippen LogP contribution in [0.3, 0.4) is 0 Å². The molecule has 88 valence electrons. The van der Waals surface area contributed by atoms with Crippen LogP contribution in [0, 0.1) is 12.1 Å². The second kappa shape index (κ2) is 4.97. The van der Waals surface area contributed by atoms with Crippen molar-refractivity contribution in [2.45, 2.75) is 19.9 Å². The lowest BCUT2D eigenvalue weighted by Gasteiger charge is -2.08. The Morgan fingerprint density at radius 2 is 1.94 bits per heavy atom. The lowest BCUT2D eigenvalue weighted by molar-refractivity contribution is -0.614. The minimum absolute atomic E-state index is 0.402. The second-order valence-electron chi connectivity index (χ2n) is 4.17. The number of benzene rings is 1. The van der Waals surface area contributed by atoms with E-state index in [2.05, 4.69) is 0 Å². The van der Waals surface area contributed by atoms with Crippen LogP contribution >= 0.6 is 0 Å². The molecule has 0 fully saturated rings. The first-order valence-electron chi connectivity index (χ1n) is 5.66. The van der Waals surface area contributed by atoms with E-state index >= 15 is 0 Å². The zero-order chi connectivity index (χ0) is 12.3. The van der Waals surface area contributed by atoms with Crippen molar-refractivity contribution >= 4 is 0 Å². The van der Waals surface area contributed by atoms with Crippen LogP contribution in [-0.4, -0.2) is 0 Å². The van der Waals surface area contributed by atoms with E-state index in [4.69, 9.17) is 5.73 Å². The van der Waals surface area contributed by atoms with Gasteiger partial charge < -0.3 is 10.9 Å². The highest BCUT2D eigenvalue weighted by Crippen LogP contribution is 2.10. The molecule has 0 aliphatic heterocycles. The summed E-state index contributed by atoms with van der Waals surface area (Å²) in [4.78, 5) is 0. The Kier molecular flexibility index (Phi) is 3.40. The number of nitrogens with zero attached hydrogens (tertiary/aromatic N) is 1. The monoisotopic (exact) mass is 228 g/mol. The van der Waals surface area contributed by atoms with E-state index in [1.54, 1.807) is 6.20 Å². The van der Waals surface area contributed by atoms with Crippen molar-refractivity contribution in [1.29, 1.82) is 0 Å². The van der Waals surface area contributed by atoms with Gasteiger partial charge in [-0.3, -0.25) is 0 Å². The topological polar surface area (TPSA) is 53.0 Å². The number of hydrogen-bond acceptors (Lipinski definition) is 2. The van der Waals surface area contributed by atoms with Crippen molar-refractivity contribution in [3.05, 3.63) is 70.2 Å². The maximum Gasteiger partial charge on any atom is 0.197 e. The number of rotatable bonds is 3. The van der Waals surface area contributed by atoms with Crippen LogP contribution in [0.5, 0.6) is 0 Å². The molecule has 1 aromatic carbocycles. The standard InChI is InChI=1S/C14H16N2O/c1-11-7-14(16(17)10-13(11)9-15)8-12-5-3-2-4-6-12/h2-7,10H,8-9,15H2,1H3. The lowest BCUT2D eigenvalue weighted by atomic mass is 10.1. The van der Waals surface area contributed by atoms with E-state index in [0.29, 0.717) is 13.0 Å². The molecule has 0 saturated carbocycles. The van der Waals surface area contributed by atoms with Gasteiger partial charge in [-0.1, -0.05) is 30.3 Å². The van der Waals surface area contributed by atoms with Gasteiger partial charge in [0.25, 0.3) is 0 Å². The van der Waals surface area contributed by atoms with Crippen molar-refractivity contribution in [2.24, 2.45) is 5.73 Å². The fourth-order valence-electron chi connectivity index (χ4n) is 1.88. The lowest BCUT2D eigenvalue weighted by Crippen LogP contribution is -2.33. The van der Waals surface area contributed by atoms with Gasteiger partial charge in [-0.15, -0.1) is 0 Å². The van der Waals surface area contributed by atoms with E-state index in [0.717, 1.165) is 27.1 Å². The predicted molar refractivity (Wildman–Crippen MR) is 67.3 cm³/mol. The van der Waals surface area contributed by atoms with E-state index in [1.165, 1.54) is 0 Å². The van der Waals surface area contributed by atoms with Gasteiger partial charge >= 0.3 is 0 Å². The van der Waals surface area contributed by atoms with Gasteiger partial charge in [-0.25, -0.2) is 0 Å². The normalized spacial score (nSPS) is 10.5. The summed E-state index contributed by atoms with van der Waals surface area (Å²) in [5.74, 6) is 0. The zero-order valence-corrected chi connectivity index (χ0v) is 9.89. The predicted octanol–water partition coefficient (Wildman–Crippen LogP) is 1.68. The Balaban J connectivity index is 2.31. The summed E-state index contributed by atoms with van der Waals surface area (Å²) in [6.07, 6.45) is 2.23. The number of nitrogens with two attached hydrogens (primary N) is 1. The molecule has 0 spiro atoms. The second-order valence-corrected chi connectivity index (χ2v) is 4.17. The molecule has 0 unspecified atom stereocenters. The van der Waals surface area contributed by atoms with Gasteiger partial charge in [0, 0.05) is 18.2 Å². The molecule has 3 heteroatoms. The van der Waals surface area contributed by atoms with Crippen molar-refractivity contribution in [3.8, 4) is 0 Å². The molecule has 2 aromatic rings. The summed E-state index contributed by atoms with van der Waals surface area (Å²) < 4.78 is 0.919. The molecule has 0 atom stereocenters. The Morgan fingerprint density at radius 1 is 1.24 bits per heavy atom. The molecule has 1 aromatic heterocycles. The quantitative estimate of drug-likeness (QED) is 0.642. The molecule has 2 rings (SSSR count). The van der Waals surface area contributed by atoms with Crippen LogP contribution in [0.15, 0.2) is 42.6 Å². The van der Waals surface area contributed by atoms with Gasteiger partial charge in [-0.2, -0.15) is 4.73 Å². The minimum atomic E-state index is 0.402. The summed E-state index contributed by atoms with van der Waals surface area (Å²) >= 11 is 0. The van der Waals surface area contributed by atoms with Crippen LogP contribution in [0.1, 0.15) is 22.4 Å². The Bertz CT molecular complexity index is 509. The first kappa shape index (κ1) is 11.6. The highest BCUT2D eigenvalue weighted by Gasteiger charge is 2.10. The average molecular weight is 228 g/mol. The molecule has 0 radical (unpaired) electrons. The average Bonchev–Trinajstić information content (AvgIpc) is 2.34. The molecular formula is C14H16N2O. The summed E-state index contributed by atoms with van der Waals surface area (Å²) in [7, 11) is 0. The SMILES string of the molecule is Cc1cc(Cc2ccccc2)[n+]([O-])cc1CN. The highest BCUT2D eigenvalue weighted by molar-refractivity contribution is 5.26. The number of pyridine rings is 1. The summed E-state index contributed by atoms with van der Waals surface area (Å²) in [6, 6.07) is 11.9. The van der Waals surface area contributed by atoms with Crippen molar-refractivity contribution < 1.29 is 4.73 Å². The molecule has 0 amide bonds. The van der Waals surface area contributed by atoms with Gasteiger partial charge in [-0.05, 0) is 18.1 Å². The first-order valence-corrected chi connectivity index (χ1v) is 5.66. The number of aryl methyl sites for hydroxylation is 1. The molecule has 0 aliphatic rings. The van der Waals surface area contributed by atoms with Gasteiger partial charge in [0.15, 0.2) is 11.9 Å². The number of aromatic nitrogens is 1. The van der Waals surface area contributed by atoms with Crippen LogP contribution < -0.4 is 10.5 Å². The van der Waals surface area contributed by atoms with Gasteiger partial charge in [0.05, 0.1) is 6.42 Å². The van der Waals surface area contributed by atoms with E-state index < -0.39 is 0 Å². The summed E-state index contributed by atoms with van der Waals surface area (Å²) in [5.41, 5.74) is 9.44. The minimum Gasteiger partial charge on any atom is -0.618 e. The Labute approximate surface area is 101 Å². The first-order chi connectivity index (χ1) is 8.20. The van der Waals surface area contributed by atoms with E-state index in [1.807, 2.05) is 43.3 Å². The summed E-state index contributed by atoms with van der Waals surface area (Å²) in [5, 5.41) is 11.8. The fraction of sp³-hybridized carbons (Fsp3) is 0.214. The highest BCUT2D eigenvalue weighted by atomic mass is 16.5. The van der Waals surface area contributed by atoms with Crippen LogP contribution in [0.2, 0.25) is 0 Å². The van der Waals surface area contributed by atoms with Crippen LogP contribution in [-0.2, 0) is 13.0 Å². The van der Waals surface area contributed by atoms with Crippen LogP contribution in [0.25, 0.3) is 0 Å². The van der Waals surface area contributed by atoms with Crippen molar-refractivity contribution in [1.82, 2.24) is 0 Å². The summed E-state index contributed by atoms with van der Waals surface area (Å²) in [6.45, 7) is 2.39. The number of hydrogen-bond donors (Lipinski definition) is 1. The van der Waals surface area contributed by atoms with Gasteiger partial charge in [0.2, 0.25) is 0 Å². The van der Waals surface area contributed by atoms with Crippen molar-refractivity contribution in [2.75, 3.05) is 0 Å². The maximum atomic E-state index is 11.8. The van der Waals surface area contributed by atoms with E-state index in [9.17, 15) is 5.21 Å². The maximum absolute atomic E-state index is 11.8. The molecular weight excluding hydrogens is 212 g/mol. The van der Waals surface area contributed by atoms with E-state index in [-0.39, 0.29) is 0 Å². The van der Waals surface area contributed by atoms with Crippen LogP contribution in [0.4, 0.5) is 0 Å². The smallest absolute Gasteiger partial charge is 0.197 e. The molecule has 0 saturated heterocycles. The van der Waals surface area contributed by atoms with Crippen molar-refractivity contribution in [3.63, 3.8) is 0 Å².